The Morgan fingerprint density at radius 2 is 2.00 bits per heavy atom. The molecule has 2 fully saturated rings. The van der Waals surface area contributed by atoms with Gasteiger partial charge in [0, 0.05) is 38.2 Å². The summed E-state index contributed by atoms with van der Waals surface area (Å²) < 4.78 is 0. The van der Waals surface area contributed by atoms with E-state index in [0.717, 1.165) is 43.7 Å². The fourth-order valence-corrected chi connectivity index (χ4v) is 4.18. The Labute approximate surface area is 152 Å². The summed E-state index contributed by atoms with van der Waals surface area (Å²) in [5.74, 6) is -0.0469. The fourth-order valence-electron chi connectivity index (χ4n) is 4.18. The van der Waals surface area contributed by atoms with Crippen molar-refractivity contribution in [2.24, 2.45) is 11.7 Å². The second kappa shape index (κ2) is 6.81. The number of piperidine rings is 1. The van der Waals surface area contributed by atoms with E-state index in [-0.39, 0.29) is 24.1 Å². The van der Waals surface area contributed by atoms with Gasteiger partial charge in [-0.1, -0.05) is 12.1 Å². The van der Waals surface area contributed by atoms with Crippen LogP contribution in [0.2, 0.25) is 0 Å². The van der Waals surface area contributed by atoms with E-state index in [1.54, 1.807) is 4.90 Å². The van der Waals surface area contributed by atoms with Gasteiger partial charge < -0.3 is 10.6 Å². The number of likely N-dealkylation sites (tertiary alicyclic amines) is 1. The molecular formula is C19H24N4O3. The second-order valence-corrected chi connectivity index (χ2v) is 7.53. The molecule has 1 aromatic carbocycles. The molecule has 0 aromatic heterocycles. The van der Waals surface area contributed by atoms with Crippen molar-refractivity contribution in [3.63, 3.8) is 0 Å². The zero-order valence-electron chi connectivity index (χ0n) is 14.7. The van der Waals surface area contributed by atoms with Crippen LogP contribution in [0.4, 0.5) is 0 Å². The van der Waals surface area contributed by atoms with Gasteiger partial charge in [0.15, 0.2) is 0 Å². The lowest BCUT2D eigenvalue weighted by Crippen LogP contribution is -2.52. The monoisotopic (exact) mass is 356 g/mol. The molecule has 4 rings (SSSR count). The minimum Gasteiger partial charge on any atom is -0.330 e. The molecule has 3 aliphatic heterocycles. The highest BCUT2D eigenvalue weighted by molar-refractivity contribution is 6.05. The highest BCUT2D eigenvalue weighted by Gasteiger charge is 2.39. The normalized spacial score (nSPS) is 23.8. The van der Waals surface area contributed by atoms with Crippen LogP contribution >= 0.6 is 0 Å². The molecule has 7 nitrogen and oxygen atoms in total. The molecule has 3 N–H and O–H groups in total. The number of fused-ring (bicyclic) bond motifs is 1. The molecule has 1 atom stereocenters. The van der Waals surface area contributed by atoms with Crippen molar-refractivity contribution in [3.05, 3.63) is 34.9 Å². The van der Waals surface area contributed by atoms with Gasteiger partial charge in [0.05, 0.1) is 0 Å². The largest absolute Gasteiger partial charge is 0.330 e. The maximum atomic E-state index is 12.8. The number of hydrogen-bond acceptors (Lipinski definition) is 5. The zero-order chi connectivity index (χ0) is 18.3. The summed E-state index contributed by atoms with van der Waals surface area (Å²) in [6.45, 7) is 4.13. The van der Waals surface area contributed by atoms with Crippen LogP contribution in [0.1, 0.15) is 40.7 Å². The molecule has 0 bridgehead atoms. The summed E-state index contributed by atoms with van der Waals surface area (Å²) in [4.78, 5) is 40.2. The first-order chi connectivity index (χ1) is 12.5. The number of nitrogens with two attached hydrogens (primary N) is 1. The smallest absolute Gasteiger partial charge is 0.255 e. The fraction of sp³-hybridized carbons (Fsp3) is 0.526. The van der Waals surface area contributed by atoms with Crippen LogP contribution in [-0.4, -0.2) is 53.2 Å². The van der Waals surface area contributed by atoms with Crippen LogP contribution in [0.25, 0.3) is 0 Å². The van der Waals surface area contributed by atoms with Crippen LogP contribution in [0.5, 0.6) is 0 Å². The number of carbonyl (C=O) groups excluding carboxylic acids is 3. The Kier molecular flexibility index (Phi) is 4.50. The van der Waals surface area contributed by atoms with Gasteiger partial charge in [-0.15, -0.1) is 0 Å². The van der Waals surface area contributed by atoms with E-state index in [4.69, 9.17) is 5.73 Å². The Bertz CT molecular complexity index is 757. The Morgan fingerprint density at radius 3 is 2.73 bits per heavy atom. The predicted molar refractivity (Wildman–Crippen MR) is 94.9 cm³/mol. The average Bonchev–Trinajstić information content (AvgIpc) is 2.90. The van der Waals surface area contributed by atoms with Crippen molar-refractivity contribution in [1.82, 2.24) is 15.1 Å². The lowest BCUT2D eigenvalue weighted by Gasteiger charge is -2.39. The standard InChI is InChI=1S/C19H24N4O3/c20-6-5-13-9-22(10-13)8-12-1-2-14-11-23(19(26)15(14)7-12)16-3-4-17(24)21-18(16)25/h1-2,7,13,16H,3-6,8-11,20H2,(H,21,24,25). The van der Waals surface area contributed by atoms with Gasteiger partial charge in [-0.25, -0.2) is 0 Å². The van der Waals surface area contributed by atoms with Gasteiger partial charge in [-0.3, -0.25) is 24.6 Å². The summed E-state index contributed by atoms with van der Waals surface area (Å²) in [6, 6.07) is 5.46. The number of nitrogens with one attached hydrogen (secondary N) is 1. The first kappa shape index (κ1) is 17.2. The molecule has 0 saturated carbocycles. The molecular weight excluding hydrogens is 332 g/mol. The van der Waals surface area contributed by atoms with Gasteiger partial charge in [-0.05, 0) is 42.5 Å². The molecule has 3 aliphatic rings. The third kappa shape index (κ3) is 3.12. The van der Waals surface area contributed by atoms with E-state index in [0.29, 0.717) is 24.4 Å². The van der Waals surface area contributed by atoms with Crippen molar-refractivity contribution in [2.75, 3.05) is 19.6 Å². The molecule has 138 valence electrons. The summed E-state index contributed by atoms with van der Waals surface area (Å²) in [7, 11) is 0. The molecule has 7 heteroatoms. The predicted octanol–water partition coefficient (Wildman–Crippen LogP) is 0.228. The van der Waals surface area contributed by atoms with Gasteiger partial charge in [-0.2, -0.15) is 0 Å². The molecule has 3 amide bonds. The maximum absolute atomic E-state index is 12.8. The van der Waals surface area contributed by atoms with E-state index in [1.165, 1.54) is 0 Å². The lowest BCUT2D eigenvalue weighted by molar-refractivity contribution is -0.136. The number of amides is 3. The summed E-state index contributed by atoms with van der Waals surface area (Å²) in [5.41, 5.74) is 8.35. The minimum atomic E-state index is -0.552. The van der Waals surface area contributed by atoms with Crippen molar-refractivity contribution >= 4 is 17.7 Å². The van der Waals surface area contributed by atoms with Crippen LogP contribution in [0, 0.1) is 5.92 Å². The van der Waals surface area contributed by atoms with Gasteiger partial charge in [0.1, 0.15) is 6.04 Å². The second-order valence-electron chi connectivity index (χ2n) is 7.53. The Hall–Kier alpha value is -2.25. The summed E-state index contributed by atoms with van der Waals surface area (Å²) >= 11 is 0. The first-order valence-corrected chi connectivity index (χ1v) is 9.24. The summed E-state index contributed by atoms with van der Waals surface area (Å²) in [6.07, 6.45) is 1.74. The van der Waals surface area contributed by atoms with Crippen LogP contribution in [0.15, 0.2) is 18.2 Å². The minimum absolute atomic E-state index is 0.110. The van der Waals surface area contributed by atoms with E-state index < -0.39 is 6.04 Å². The third-order valence-corrected chi connectivity index (χ3v) is 5.61. The van der Waals surface area contributed by atoms with Gasteiger partial charge >= 0.3 is 0 Å². The van der Waals surface area contributed by atoms with Crippen molar-refractivity contribution < 1.29 is 14.4 Å². The number of nitrogens with zero attached hydrogens (tertiary/aromatic N) is 2. The van der Waals surface area contributed by atoms with E-state index in [1.807, 2.05) is 12.1 Å². The van der Waals surface area contributed by atoms with Crippen LogP contribution < -0.4 is 11.1 Å². The molecule has 2 saturated heterocycles. The number of hydrogen-bond donors (Lipinski definition) is 2. The van der Waals surface area contributed by atoms with E-state index in [2.05, 4.69) is 16.3 Å². The zero-order valence-corrected chi connectivity index (χ0v) is 14.7. The molecule has 26 heavy (non-hydrogen) atoms. The molecule has 0 spiro atoms. The maximum Gasteiger partial charge on any atom is 0.255 e. The highest BCUT2D eigenvalue weighted by Crippen LogP contribution is 2.29. The Balaban J connectivity index is 1.42. The average molecular weight is 356 g/mol. The van der Waals surface area contributed by atoms with Crippen molar-refractivity contribution in [1.29, 1.82) is 0 Å². The number of rotatable bonds is 5. The Morgan fingerprint density at radius 1 is 1.19 bits per heavy atom. The molecule has 1 aromatic rings. The summed E-state index contributed by atoms with van der Waals surface area (Å²) in [5, 5.41) is 2.33. The van der Waals surface area contributed by atoms with Crippen LogP contribution in [0.3, 0.4) is 0 Å². The third-order valence-electron chi connectivity index (χ3n) is 5.61. The topological polar surface area (TPSA) is 95.7 Å². The SMILES string of the molecule is NCCC1CN(Cc2ccc3c(c2)C(=O)N(C2CCC(=O)NC2=O)C3)C1. The van der Waals surface area contributed by atoms with Crippen molar-refractivity contribution in [2.45, 2.75) is 38.4 Å². The molecule has 0 radical (unpaired) electrons. The first-order valence-electron chi connectivity index (χ1n) is 9.24. The molecule has 0 aliphatic carbocycles. The number of benzene rings is 1. The van der Waals surface area contributed by atoms with E-state index in [9.17, 15) is 14.4 Å². The van der Waals surface area contributed by atoms with Gasteiger partial charge in [0.2, 0.25) is 11.8 Å². The quantitative estimate of drug-likeness (QED) is 0.736. The van der Waals surface area contributed by atoms with Crippen LogP contribution in [-0.2, 0) is 22.7 Å². The van der Waals surface area contributed by atoms with E-state index >= 15 is 0 Å². The lowest BCUT2D eigenvalue weighted by atomic mass is 9.95. The molecule has 3 heterocycles. The van der Waals surface area contributed by atoms with Crippen molar-refractivity contribution in [3.8, 4) is 0 Å². The number of carbonyl (C=O) groups is 3. The highest BCUT2D eigenvalue weighted by atomic mass is 16.2. The number of imide groups is 1. The van der Waals surface area contributed by atoms with Gasteiger partial charge in [0.25, 0.3) is 5.91 Å². The molecule has 1 unspecified atom stereocenters.